The lowest BCUT2D eigenvalue weighted by atomic mass is 9.93. The Morgan fingerprint density at radius 2 is 1.95 bits per heavy atom. The SMILES string of the molecule is CCn1cnnc1CN(CCN1CCC(c2cccc(OCc3ccc(Cl)cc3F)n2)CC1)c1cc(C(C)=O)ccc1C. The van der Waals surface area contributed by atoms with Crippen LogP contribution in [0.1, 0.15) is 65.6 Å². The summed E-state index contributed by atoms with van der Waals surface area (Å²) in [7, 11) is 0. The highest BCUT2D eigenvalue weighted by Crippen LogP contribution is 2.29. The summed E-state index contributed by atoms with van der Waals surface area (Å²) in [6, 6.07) is 16.3. The Kier molecular flexibility index (Phi) is 10.0. The van der Waals surface area contributed by atoms with Gasteiger partial charge in [0.2, 0.25) is 5.88 Å². The smallest absolute Gasteiger partial charge is 0.213 e. The van der Waals surface area contributed by atoms with E-state index in [9.17, 15) is 9.18 Å². The average Bonchev–Trinajstić information content (AvgIpc) is 3.46. The van der Waals surface area contributed by atoms with Crippen LogP contribution in [0.2, 0.25) is 5.02 Å². The van der Waals surface area contributed by atoms with E-state index in [1.807, 2.05) is 36.4 Å². The highest BCUT2D eigenvalue weighted by Gasteiger charge is 2.23. The van der Waals surface area contributed by atoms with Gasteiger partial charge in [-0.3, -0.25) is 4.79 Å². The lowest BCUT2D eigenvalue weighted by Gasteiger charge is -2.34. The van der Waals surface area contributed by atoms with E-state index in [1.54, 1.807) is 25.4 Å². The highest BCUT2D eigenvalue weighted by molar-refractivity contribution is 6.30. The van der Waals surface area contributed by atoms with E-state index < -0.39 is 0 Å². The molecule has 0 unspecified atom stereocenters. The zero-order valence-electron chi connectivity index (χ0n) is 25.0. The van der Waals surface area contributed by atoms with Crippen LogP contribution >= 0.6 is 11.6 Å². The molecule has 1 fully saturated rings. The Balaban J connectivity index is 1.20. The molecular weight excluding hydrogens is 567 g/mol. The largest absolute Gasteiger partial charge is 0.473 e. The number of piperidine rings is 1. The molecule has 1 aliphatic rings. The number of aryl methyl sites for hydroxylation is 2. The minimum absolute atomic E-state index is 0.0558. The zero-order chi connectivity index (χ0) is 30.3. The topological polar surface area (TPSA) is 76.4 Å². The number of carbonyl (C=O) groups is 1. The molecule has 4 aromatic rings. The van der Waals surface area contributed by atoms with Crippen LogP contribution in [-0.2, 0) is 19.7 Å². The van der Waals surface area contributed by atoms with E-state index in [1.165, 1.54) is 6.07 Å². The van der Waals surface area contributed by atoms with Gasteiger partial charge in [0.1, 0.15) is 18.8 Å². The second-order valence-electron chi connectivity index (χ2n) is 11.1. The molecule has 1 saturated heterocycles. The summed E-state index contributed by atoms with van der Waals surface area (Å²) in [5, 5.41) is 8.85. The van der Waals surface area contributed by atoms with Crippen molar-refractivity contribution in [3.05, 3.63) is 100.0 Å². The lowest BCUT2D eigenvalue weighted by molar-refractivity contribution is 0.101. The molecule has 0 bridgehead atoms. The van der Waals surface area contributed by atoms with E-state index in [0.717, 1.165) is 68.3 Å². The summed E-state index contributed by atoms with van der Waals surface area (Å²) in [6.45, 7) is 10.9. The van der Waals surface area contributed by atoms with Gasteiger partial charge in [0, 0.05) is 59.1 Å². The summed E-state index contributed by atoms with van der Waals surface area (Å²) in [5.41, 5.74) is 4.33. The van der Waals surface area contributed by atoms with Gasteiger partial charge in [-0.25, -0.2) is 9.37 Å². The van der Waals surface area contributed by atoms with Crippen molar-refractivity contribution in [2.24, 2.45) is 0 Å². The Labute approximate surface area is 257 Å². The second kappa shape index (κ2) is 14.1. The Bertz CT molecular complexity index is 1550. The number of aromatic nitrogens is 4. The van der Waals surface area contributed by atoms with Gasteiger partial charge >= 0.3 is 0 Å². The number of anilines is 1. The predicted molar refractivity (Wildman–Crippen MR) is 166 cm³/mol. The molecule has 0 saturated carbocycles. The summed E-state index contributed by atoms with van der Waals surface area (Å²) in [5.74, 6) is 1.40. The molecule has 10 heteroatoms. The number of benzene rings is 2. The van der Waals surface area contributed by atoms with Crippen molar-refractivity contribution in [2.45, 2.75) is 59.2 Å². The average molecular weight is 605 g/mol. The molecule has 1 aliphatic heterocycles. The molecule has 5 rings (SSSR count). The van der Waals surface area contributed by atoms with Crippen molar-refractivity contribution in [3.8, 4) is 5.88 Å². The fourth-order valence-corrected chi connectivity index (χ4v) is 5.69. The van der Waals surface area contributed by atoms with E-state index in [-0.39, 0.29) is 18.2 Å². The van der Waals surface area contributed by atoms with Crippen molar-refractivity contribution in [3.63, 3.8) is 0 Å². The third-order valence-corrected chi connectivity index (χ3v) is 8.39. The molecule has 0 aliphatic carbocycles. The first-order valence-corrected chi connectivity index (χ1v) is 15.2. The molecule has 0 atom stereocenters. The summed E-state index contributed by atoms with van der Waals surface area (Å²) >= 11 is 5.86. The van der Waals surface area contributed by atoms with Crippen molar-refractivity contribution >= 4 is 23.1 Å². The number of halogens is 2. The number of likely N-dealkylation sites (tertiary alicyclic amines) is 1. The first-order chi connectivity index (χ1) is 20.8. The normalized spacial score (nSPS) is 14.2. The Hall–Kier alpha value is -3.82. The molecule has 0 radical (unpaired) electrons. The molecule has 2 aromatic carbocycles. The monoisotopic (exact) mass is 604 g/mol. The molecule has 43 heavy (non-hydrogen) atoms. The quantitative estimate of drug-likeness (QED) is 0.172. The lowest BCUT2D eigenvalue weighted by Crippen LogP contribution is -2.40. The van der Waals surface area contributed by atoms with Gasteiger partial charge in [0.15, 0.2) is 11.6 Å². The van der Waals surface area contributed by atoms with Crippen LogP contribution in [0.3, 0.4) is 0 Å². The van der Waals surface area contributed by atoms with Crippen LogP contribution in [0.25, 0.3) is 0 Å². The number of nitrogens with zero attached hydrogens (tertiary/aromatic N) is 6. The third-order valence-electron chi connectivity index (χ3n) is 8.15. The number of carbonyl (C=O) groups excluding carboxylic acids is 1. The molecule has 2 aromatic heterocycles. The minimum atomic E-state index is -0.386. The first kappa shape index (κ1) is 30.6. The van der Waals surface area contributed by atoms with Crippen LogP contribution in [0.15, 0.2) is 60.9 Å². The Morgan fingerprint density at radius 1 is 1.14 bits per heavy atom. The van der Waals surface area contributed by atoms with Crippen molar-refractivity contribution in [2.75, 3.05) is 31.1 Å². The van der Waals surface area contributed by atoms with E-state index in [2.05, 4.69) is 38.4 Å². The van der Waals surface area contributed by atoms with Crippen LogP contribution in [0, 0.1) is 12.7 Å². The Morgan fingerprint density at radius 3 is 2.70 bits per heavy atom. The van der Waals surface area contributed by atoms with Gasteiger partial charge in [-0.15, -0.1) is 10.2 Å². The molecule has 0 amide bonds. The number of pyridine rings is 1. The number of hydrogen-bond acceptors (Lipinski definition) is 7. The van der Waals surface area contributed by atoms with Crippen LogP contribution in [0.4, 0.5) is 10.1 Å². The molecule has 0 spiro atoms. The van der Waals surface area contributed by atoms with Gasteiger partial charge in [-0.05, 0) is 76.5 Å². The van der Waals surface area contributed by atoms with Gasteiger partial charge in [-0.2, -0.15) is 0 Å². The fraction of sp³-hybridized carbons (Fsp3) is 0.394. The van der Waals surface area contributed by atoms with Gasteiger partial charge < -0.3 is 19.1 Å². The maximum absolute atomic E-state index is 14.2. The number of hydrogen-bond donors (Lipinski definition) is 0. The number of rotatable bonds is 12. The molecular formula is C33H38ClFN6O2. The second-order valence-corrected chi connectivity index (χ2v) is 11.5. The minimum Gasteiger partial charge on any atom is -0.473 e. The van der Waals surface area contributed by atoms with Crippen LogP contribution in [0.5, 0.6) is 5.88 Å². The predicted octanol–water partition coefficient (Wildman–Crippen LogP) is 6.46. The summed E-state index contributed by atoms with van der Waals surface area (Å²) in [4.78, 5) is 21.7. The van der Waals surface area contributed by atoms with Crippen LogP contribution in [-0.4, -0.2) is 56.6 Å². The van der Waals surface area contributed by atoms with Gasteiger partial charge in [0.05, 0.1) is 6.54 Å². The third kappa shape index (κ3) is 7.77. The number of ether oxygens (including phenoxy) is 1. The maximum Gasteiger partial charge on any atom is 0.213 e. The van der Waals surface area contributed by atoms with Crippen molar-refractivity contribution in [1.29, 1.82) is 0 Å². The zero-order valence-corrected chi connectivity index (χ0v) is 25.7. The van der Waals surface area contributed by atoms with Crippen molar-refractivity contribution in [1.82, 2.24) is 24.6 Å². The van der Waals surface area contributed by atoms with Gasteiger partial charge in [0.25, 0.3) is 0 Å². The highest BCUT2D eigenvalue weighted by atomic mass is 35.5. The molecule has 8 nitrogen and oxygen atoms in total. The van der Waals surface area contributed by atoms with Crippen molar-refractivity contribution < 1.29 is 13.9 Å². The molecule has 226 valence electrons. The number of ketones is 1. The van der Waals surface area contributed by atoms with E-state index in [0.29, 0.717) is 34.5 Å². The molecule has 3 heterocycles. The maximum atomic E-state index is 14.2. The van der Waals surface area contributed by atoms with Gasteiger partial charge in [-0.1, -0.05) is 35.9 Å². The first-order valence-electron chi connectivity index (χ1n) is 14.8. The van der Waals surface area contributed by atoms with E-state index in [4.69, 9.17) is 21.3 Å². The summed E-state index contributed by atoms with van der Waals surface area (Å²) < 4.78 is 22.0. The fourth-order valence-electron chi connectivity index (χ4n) is 5.53. The van der Waals surface area contributed by atoms with E-state index >= 15 is 0 Å². The summed E-state index contributed by atoms with van der Waals surface area (Å²) in [6.07, 6.45) is 3.75. The number of Topliss-reactive ketones (excluding diaryl/α,β-unsaturated/α-hetero) is 1. The van der Waals surface area contributed by atoms with Crippen LogP contribution < -0.4 is 9.64 Å². The molecule has 0 N–H and O–H groups in total. The standard InChI is InChI=1S/C33H38ClFN6O2/c1-4-40-22-36-38-32(40)20-41(31-18-26(24(3)42)9-8-23(31)2)17-16-39-14-12-25(13-15-39)30-6-5-7-33(37-30)43-21-27-10-11-28(34)19-29(27)35/h5-11,18-19,22,25H,4,12-17,20-21H2,1-3H3.